The van der Waals surface area contributed by atoms with Gasteiger partial charge in [-0.2, -0.15) is 0 Å². The van der Waals surface area contributed by atoms with E-state index in [0.717, 1.165) is 16.5 Å². The molecule has 86 valence electrons. The van der Waals surface area contributed by atoms with Gasteiger partial charge in [0.15, 0.2) is 0 Å². The first-order chi connectivity index (χ1) is 7.56. The highest BCUT2D eigenvalue weighted by Gasteiger charge is 2.15. The molecular weight excluding hydrogens is 222 g/mol. The van der Waals surface area contributed by atoms with Crippen molar-refractivity contribution in [2.45, 2.75) is 33.3 Å². The second kappa shape index (κ2) is 4.39. The van der Waals surface area contributed by atoms with Crippen molar-refractivity contribution < 1.29 is 9.52 Å². The third-order valence-electron chi connectivity index (χ3n) is 2.53. The Hall–Kier alpha value is -1.13. The zero-order valence-electron chi connectivity index (χ0n) is 9.65. The van der Waals surface area contributed by atoms with E-state index < -0.39 is 6.10 Å². The Kier molecular flexibility index (Phi) is 3.12. The molecule has 1 atom stereocenters. The molecule has 0 amide bonds. The Morgan fingerprint density at radius 3 is 2.62 bits per heavy atom. The number of aliphatic hydroxyl groups excluding tert-OH is 1. The van der Waals surface area contributed by atoms with Crippen molar-refractivity contribution in [1.82, 2.24) is 4.98 Å². The van der Waals surface area contributed by atoms with Crippen LogP contribution in [0.2, 0.25) is 0 Å². The lowest BCUT2D eigenvalue weighted by atomic mass is 10.2. The van der Waals surface area contributed by atoms with E-state index in [1.807, 2.05) is 32.9 Å². The van der Waals surface area contributed by atoms with Gasteiger partial charge in [-0.25, -0.2) is 4.98 Å². The summed E-state index contributed by atoms with van der Waals surface area (Å²) in [6, 6.07) is 3.67. The van der Waals surface area contributed by atoms with E-state index in [-0.39, 0.29) is 0 Å². The molecule has 0 saturated carbocycles. The summed E-state index contributed by atoms with van der Waals surface area (Å²) in [5, 5.41) is 10.9. The van der Waals surface area contributed by atoms with Crippen molar-refractivity contribution in [2.75, 3.05) is 0 Å². The summed E-state index contributed by atoms with van der Waals surface area (Å²) in [4.78, 5) is 5.61. The highest BCUT2D eigenvalue weighted by atomic mass is 32.1. The summed E-state index contributed by atoms with van der Waals surface area (Å²) >= 11 is 1.63. The van der Waals surface area contributed by atoms with Crippen LogP contribution < -0.4 is 0 Å². The van der Waals surface area contributed by atoms with Crippen LogP contribution in [0, 0.1) is 20.8 Å². The third kappa shape index (κ3) is 2.33. The smallest absolute Gasteiger partial charge is 0.133 e. The van der Waals surface area contributed by atoms with Crippen LogP contribution in [0.4, 0.5) is 0 Å². The molecular formula is C12H15NO2S. The molecule has 16 heavy (non-hydrogen) atoms. The lowest BCUT2D eigenvalue weighted by molar-refractivity contribution is 0.148. The van der Waals surface area contributed by atoms with Gasteiger partial charge >= 0.3 is 0 Å². The zero-order chi connectivity index (χ0) is 11.7. The summed E-state index contributed by atoms with van der Waals surface area (Å²) in [5.41, 5.74) is 1.04. The second-order valence-electron chi connectivity index (χ2n) is 3.92. The van der Waals surface area contributed by atoms with Crippen molar-refractivity contribution in [3.63, 3.8) is 0 Å². The number of aryl methyl sites for hydroxylation is 3. The summed E-state index contributed by atoms with van der Waals surface area (Å²) in [7, 11) is 0. The third-order valence-corrected chi connectivity index (χ3v) is 3.63. The summed E-state index contributed by atoms with van der Waals surface area (Å²) in [6.45, 7) is 5.90. The molecule has 0 aliphatic carbocycles. The van der Waals surface area contributed by atoms with E-state index in [0.29, 0.717) is 12.2 Å². The standard InChI is InChI=1S/C12H15NO2S/c1-7-4-5-11(15-7)10(14)6-12-13-8(2)9(3)16-12/h4-5,10,14H,6H2,1-3H3. The molecule has 0 spiro atoms. The molecule has 2 rings (SSSR count). The van der Waals surface area contributed by atoms with Crippen LogP contribution in [0.25, 0.3) is 0 Å². The Bertz CT molecular complexity index is 467. The second-order valence-corrected chi connectivity index (χ2v) is 5.21. The summed E-state index contributed by atoms with van der Waals surface area (Å²) in [5.74, 6) is 1.43. The van der Waals surface area contributed by atoms with Gasteiger partial charge in [0.1, 0.15) is 17.6 Å². The Labute approximate surface area is 98.8 Å². The van der Waals surface area contributed by atoms with E-state index in [9.17, 15) is 5.11 Å². The van der Waals surface area contributed by atoms with Gasteiger partial charge in [-0.05, 0) is 32.9 Å². The average Bonchev–Trinajstić information content (AvgIpc) is 2.75. The van der Waals surface area contributed by atoms with Crippen LogP contribution in [0.3, 0.4) is 0 Å². The molecule has 0 saturated heterocycles. The zero-order valence-corrected chi connectivity index (χ0v) is 10.5. The highest BCUT2D eigenvalue weighted by Crippen LogP contribution is 2.24. The number of rotatable bonds is 3. The summed E-state index contributed by atoms with van der Waals surface area (Å²) < 4.78 is 5.38. The number of nitrogens with zero attached hydrogens (tertiary/aromatic N) is 1. The van der Waals surface area contributed by atoms with Crippen molar-refractivity contribution in [1.29, 1.82) is 0 Å². The number of hydrogen-bond donors (Lipinski definition) is 1. The average molecular weight is 237 g/mol. The van der Waals surface area contributed by atoms with Crippen molar-refractivity contribution in [3.05, 3.63) is 39.2 Å². The maximum atomic E-state index is 9.96. The molecule has 0 aromatic carbocycles. The number of aromatic nitrogens is 1. The van der Waals surface area contributed by atoms with Gasteiger partial charge in [0.05, 0.1) is 10.7 Å². The van der Waals surface area contributed by atoms with Gasteiger partial charge in [0, 0.05) is 11.3 Å². The summed E-state index contributed by atoms with van der Waals surface area (Å²) in [6.07, 6.45) is -0.0783. The van der Waals surface area contributed by atoms with E-state index >= 15 is 0 Å². The first-order valence-corrected chi connectivity index (χ1v) is 6.05. The lowest BCUT2D eigenvalue weighted by Crippen LogP contribution is -1.99. The predicted octanol–water partition coefficient (Wildman–Crippen LogP) is 2.94. The van der Waals surface area contributed by atoms with Crippen LogP contribution in [0.5, 0.6) is 0 Å². The molecule has 2 heterocycles. The van der Waals surface area contributed by atoms with Crippen LogP contribution in [0.15, 0.2) is 16.5 Å². The normalized spacial score (nSPS) is 13.0. The molecule has 3 nitrogen and oxygen atoms in total. The maximum Gasteiger partial charge on any atom is 0.133 e. The van der Waals surface area contributed by atoms with E-state index in [1.165, 1.54) is 4.88 Å². The molecule has 0 aliphatic rings. The fraction of sp³-hybridized carbons (Fsp3) is 0.417. The van der Waals surface area contributed by atoms with E-state index in [2.05, 4.69) is 4.98 Å². The van der Waals surface area contributed by atoms with Crippen molar-refractivity contribution >= 4 is 11.3 Å². The van der Waals surface area contributed by atoms with Crippen LogP contribution >= 0.6 is 11.3 Å². The van der Waals surface area contributed by atoms with Gasteiger partial charge < -0.3 is 9.52 Å². The topological polar surface area (TPSA) is 46.3 Å². The minimum Gasteiger partial charge on any atom is -0.464 e. The molecule has 4 heteroatoms. The number of furan rings is 1. The SMILES string of the molecule is Cc1ccc(C(O)Cc2nc(C)c(C)s2)o1. The predicted molar refractivity (Wildman–Crippen MR) is 63.7 cm³/mol. The minimum atomic E-state index is -0.598. The lowest BCUT2D eigenvalue weighted by Gasteiger charge is -2.04. The number of aliphatic hydroxyl groups is 1. The maximum absolute atomic E-state index is 9.96. The quantitative estimate of drug-likeness (QED) is 0.892. The first-order valence-electron chi connectivity index (χ1n) is 5.23. The van der Waals surface area contributed by atoms with E-state index in [1.54, 1.807) is 11.3 Å². The van der Waals surface area contributed by atoms with Gasteiger partial charge in [-0.1, -0.05) is 0 Å². The van der Waals surface area contributed by atoms with Crippen LogP contribution in [-0.4, -0.2) is 10.1 Å². The Morgan fingerprint density at radius 1 is 1.38 bits per heavy atom. The minimum absolute atomic E-state index is 0.520. The van der Waals surface area contributed by atoms with Crippen molar-refractivity contribution in [3.8, 4) is 0 Å². The molecule has 2 aromatic heterocycles. The Morgan fingerprint density at radius 2 is 2.12 bits per heavy atom. The van der Waals surface area contributed by atoms with Crippen LogP contribution in [-0.2, 0) is 6.42 Å². The molecule has 1 N–H and O–H groups in total. The van der Waals surface area contributed by atoms with E-state index in [4.69, 9.17) is 4.42 Å². The fourth-order valence-corrected chi connectivity index (χ4v) is 2.50. The molecule has 0 aliphatic heterocycles. The van der Waals surface area contributed by atoms with Crippen molar-refractivity contribution in [2.24, 2.45) is 0 Å². The molecule has 0 radical (unpaired) electrons. The molecule has 0 bridgehead atoms. The van der Waals surface area contributed by atoms with Gasteiger partial charge in [0.25, 0.3) is 0 Å². The fourth-order valence-electron chi connectivity index (χ4n) is 1.52. The van der Waals surface area contributed by atoms with Gasteiger partial charge in [-0.3, -0.25) is 0 Å². The molecule has 1 unspecified atom stereocenters. The van der Waals surface area contributed by atoms with Gasteiger partial charge in [0.2, 0.25) is 0 Å². The highest BCUT2D eigenvalue weighted by molar-refractivity contribution is 7.11. The largest absolute Gasteiger partial charge is 0.464 e. The molecule has 2 aromatic rings. The monoisotopic (exact) mass is 237 g/mol. The number of thiazole rings is 1. The van der Waals surface area contributed by atoms with Gasteiger partial charge in [-0.15, -0.1) is 11.3 Å². The van der Waals surface area contributed by atoms with Crippen LogP contribution in [0.1, 0.15) is 33.2 Å². The number of hydrogen-bond acceptors (Lipinski definition) is 4. The Balaban J connectivity index is 2.10. The molecule has 0 fully saturated rings. The first kappa shape index (κ1) is 11.4.